The van der Waals surface area contributed by atoms with Gasteiger partial charge in [0.25, 0.3) is 5.91 Å². The zero-order valence-corrected chi connectivity index (χ0v) is 16.8. The molecule has 0 fully saturated rings. The molecule has 0 aliphatic carbocycles. The van der Waals surface area contributed by atoms with Crippen LogP contribution in [0.4, 0.5) is 0 Å². The topological polar surface area (TPSA) is 56.1 Å². The first-order valence-electron chi connectivity index (χ1n) is 9.27. The van der Waals surface area contributed by atoms with E-state index >= 15 is 0 Å². The van der Waals surface area contributed by atoms with Crippen molar-refractivity contribution in [3.8, 4) is 5.75 Å². The number of imidazole rings is 1. The lowest BCUT2D eigenvalue weighted by atomic mass is 10.2. The van der Waals surface area contributed by atoms with Gasteiger partial charge in [0.05, 0.1) is 0 Å². The number of ether oxygens (including phenoxy) is 1. The number of amides is 1. The molecule has 1 amide bonds. The molecule has 6 heteroatoms. The largest absolute Gasteiger partial charge is 0.481 e. The molecular formula is C22H24ClN3O2. The molecule has 0 aliphatic heterocycles. The Kier molecular flexibility index (Phi) is 6.71. The maximum atomic E-state index is 12.3. The Morgan fingerprint density at radius 3 is 2.79 bits per heavy atom. The highest BCUT2D eigenvalue weighted by Gasteiger charge is 2.15. The maximum absolute atomic E-state index is 12.3. The Morgan fingerprint density at radius 2 is 2.04 bits per heavy atom. The molecule has 2 aromatic carbocycles. The lowest BCUT2D eigenvalue weighted by molar-refractivity contribution is -0.127. The number of aromatic nitrogens is 2. The number of halogens is 1. The van der Waals surface area contributed by atoms with Crippen LogP contribution in [0.15, 0.2) is 60.9 Å². The van der Waals surface area contributed by atoms with E-state index in [1.54, 1.807) is 25.3 Å². The van der Waals surface area contributed by atoms with Gasteiger partial charge in [-0.05, 0) is 43.2 Å². The monoisotopic (exact) mass is 397 g/mol. The van der Waals surface area contributed by atoms with Crippen molar-refractivity contribution < 1.29 is 9.53 Å². The molecule has 1 N–H and O–H groups in total. The van der Waals surface area contributed by atoms with E-state index in [9.17, 15) is 4.79 Å². The van der Waals surface area contributed by atoms with Crippen molar-refractivity contribution in [1.82, 2.24) is 14.9 Å². The van der Waals surface area contributed by atoms with E-state index in [1.807, 2.05) is 37.4 Å². The summed E-state index contributed by atoms with van der Waals surface area (Å²) in [5, 5.41) is 3.57. The fourth-order valence-electron chi connectivity index (χ4n) is 2.92. The van der Waals surface area contributed by atoms with Crippen LogP contribution in [0.25, 0.3) is 0 Å². The lowest BCUT2D eigenvalue weighted by Gasteiger charge is -2.16. The molecule has 0 saturated heterocycles. The number of hydrogen-bond acceptors (Lipinski definition) is 3. The van der Waals surface area contributed by atoms with Gasteiger partial charge in [-0.25, -0.2) is 4.98 Å². The number of carbonyl (C=O) groups excluding carboxylic acids is 1. The standard InChI is InChI=1S/C22H24ClN3O2/c1-16-14-19(23)8-9-20(16)28-17(2)22(27)25-11-10-21-24-12-13-26(21)15-18-6-4-3-5-7-18/h3-9,12-14,17H,10-11,15H2,1-2H3,(H,25,27). The zero-order chi connectivity index (χ0) is 19.9. The van der Waals surface area contributed by atoms with Crippen LogP contribution in [0, 0.1) is 6.92 Å². The number of nitrogens with zero attached hydrogens (tertiary/aromatic N) is 2. The summed E-state index contributed by atoms with van der Waals surface area (Å²) in [5.74, 6) is 1.44. The number of benzene rings is 2. The van der Waals surface area contributed by atoms with Crippen LogP contribution >= 0.6 is 11.6 Å². The molecule has 3 rings (SSSR count). The average Bonchev–Trinajstić information content (AvgIpc) is 3.11. The van der Waals surface area contributed by atoms with Crippen molar-refractivity contribution in [3.63, 3.8) is 0 Å². The second-order valence-electron chi connectivity index (χ2n) is 6.67. The minimum atomic E-state index is -0.594. The van der Waals surface area contributed by atoms with Gasteiger partial charge in [0.15, 0.2) is 6.10 Å². The predicted molar refractivity (Wildman–Crippen MR) is 111 cm³/mol. The van der Waals surface area contributed by atoms with Crippen LogP contribution in [0.2, 0.25) is 5.02 Å². The van der Waals surface area contributed by atoms with Gasteiger partial charge in [0, 0.05) is 36.9 Å². The smallest absolute Gasteiger partial charge is 0.260 e. The van der Waals surface area contributed by atoms with Gasteiger partial charge in [-0.1, -0.05) is 41.9 Å². The number of aryl methyl sites for hydroxylation is 1. The van der Waals surface area contributed by atoms with Crippen molar-refractivity contribution in [2.45, 2.75) is 32.9 Å². The first-order valence-corrected chi connectivity index (χ1v) is 9.65. The molecule has 3 aromatic rings. The molecule has 1 heterocycles. The highest BCUT2D eigenvalue weighted by Crippen LogP contribution is 2.22. The van der Waals surface area contributed by atoms with E-state index < -0.39 is 6.10 Å². The second-order valence-corrected chi connectivity index (χ2v) is 7.10. The molecule has 0 bridgehead atoms. The van der Waals surface area contributed by atoms with Gasteiger partial charge in [-0.15, -0.1) is 0 Å². The fraction of sp³-hybridized carbons (Fsp3) is 0.273. The van der Waals surface area contributed by atoms with Gasteiger partial charge in [-0.2, -0.15) is 0 Å². The summed E-state index contributed by atoms with van der Waals surface area (Å²) >= 11 is 5.95. The van der Waals surface area contributed by atoms with Gasteiger partial charge in [0.2, 0.25) is 0 Å². The quantitative estimate of drug-likeness (QED) is 0.624. The third kappa shape index (κ3) is 5.36. The fourth-order valence-corrected chi connectivity index (χ4v) is 3.15. The Bertz CT molecular complexity index is 925. The van der Waals surface area contributed by atoms with Crippen molar-refractivity contribution in [2.75, 3.05) is 6.54 Å². The first-order chi connectivity index (χ1) is 13.5. The van der Waals surface area contributed by atoms with Crippen molar-refractivity contribution >= 4 is 17.5 Å². The predicted octanol–water partition coefficient (Wildman–Crippen LogP) is 4.02. The Labute approximate surface area is 170 Å². The molecule has 0 saturated carbocycles. The summed E-state index contributed by atoms with van der Waals surface area (Å²) in [5.41, 5.74) is 2.11. The molecule has 0 aliphatic rings. The van der Waals surface area contributed by atoms with Crippen LogP contribution in [-0.2, 0) is 17.8 Å². The minimum absolute atomic E-state index is 0.157. The summed E-state index contributed by atoms with van der Waals surface area (Å²) in [6.07, 6.45) is 3.80. The van der Waals surface area contributed by atoms with Crippen molar-refractivity contribution in [1.29, 1.82) is 0 Å². The van der Waals surface area contributed by atoms with Gasteiger partial charge in [0.1, 0.15) is 11.6 Å². The van der Waals surface area contributed by atoms with E-state index in [0.717, 1.165) is 17.9 Å². The molecule has 1 atom stereocenters. The molecule has 28 heavy (non-hydrogen) atoms. The van der Waals surface area contributed by atoms with Crippen LogP contribution in [0.1, 0.15) is 23.9 Å². The van der Waals surface area contributed by atoms with Crippen LogP contribution in [0.5, 0.6) is 5.75 Å². The maximum Gasteiger partial charge on any atom is 0.260 e. The lowest BCUT2D eigenvalue weighted by Crippen LogP contribution is -2.37. The summed E-state index contributed by atoms with van der Waals surface area (Å²) in [6.45, 7) is 4.90. The number of nitrogens with one attached hydrogen (secondary N) is 1. The average molecular weight is 398 g/mol. The normalized spacial score (nSPS) is 11.8. The van der Waals surface area contributed by atoms with Gasteiger partial charge < -0.3 is 14.6 Å². The summed E-state index contributed by atoms with van der Waals surface area (Å²) < 4.78 is 7.86. The van der Waals surface area contributed by atoms with Crippen molar-refractivity contribution in [2.24, 2.45) is 0 Å². The molecule has 0 spiro atoms. The third-order valence-corrected chi connectivity index (χ3v) is 4.69. The summed E-state index contributed by atoms with van der Waals surface area (Å²) in [6, 6.07) is 15.6. The SMILES string of the molecule is Cc1cc(Cl)ccc1OC(C)C(=O)NCCc1nccn1Cc1ccccc1. The summed E-state index contributed by atoms with van der Waals surface area (Å²) in [7, 11) is 0. The molecule has 5 nitrogen and oxygen atoms in total. The molecule has 1 aromatic heterocycles. The number of carbonyl (C=O) groups is 1. The van der Waals surface area contributed by atoms with E-state index in [4.69, 9.17) is 16.3 Å². The molecule has 146 valence electrons. The second kappa shape index (κ2) is 9.42. The first kappa shape index (κ1) is 20.0. The van der Waals surface area contributed by atoms with E-state index in [-0.39, 0.29) is 5.91 Å². The molecule has 0 radical (unpaired) electrons. The number of rotatable bonds is 8. The molecular weight excluding hydrogens is 374 g/mol. The van der Waals surface area contributed by atoms with E-state index in [0.29, 0.717) is 23.7 Å². The van der Waals surface area contributed by atoms with Crippen LogP contribution < -0.4 is 10.1 Å². The Morgan fingerprint density at radius 1 is 1.25 bits per heavy atom. The van der Waals surface area contributed by atoms with Crippen LogP contribution in [0.3, 0.4) is 0 Å². The zero-order valence-electron chi connectivity index (χ0n) is 16.1. The summed E-state index contributed by atoms with van der Waals surface area (Å²) in [4.78, 5) is 16.8. The van der Waals surface area contributed by atoms with Crippen LogP contribution in [-0.4, -0.2) is 28.1 Å². The number of hydrogen-bond donors (Lipinski definition) is 1. The minimum Gasteiger partial charge on any atom is -0.481 e. The third-order valence-electron chi connectivity index (χ3n) is 4.46. The van der Waals surface area contributed by atoms with E-state index in [2.05, 4.69) is 27.0 Å². The molecule has 1 unspecified atom stereocenters. The van der Waals surface area contributed by atoms with Gasteiger partial charge in [-0.3, -0.25) is 4.79 Å². The highest BCUT2D eigenvalue weighted by atomic mass is 35.5. The van der Waals surface area contributed by atoms with Crippen molar-refractivity contribution in [3.05, 3.63) is 82.9 Å². The Balaban J connectivity index is 1.49. The highest BCUT2D eigenvalue weighted by molar-refractivity contribution is 6.30. The van der Waals surface area contributed by atoms with Gasteiger partial charge >= 0.3 is 0 Å². The Hall–Kier alpha value is -2.79. The van der Waals surface area contributed by atoms with E-state index in [1.165, 1.54) is 5.56 Å².